The molecule has 3 heteroatoms. The van der Waals surface area contributed by atoms with Gasteiger partial charge in [0, 0.05) is 24.8 Å². The summed E-state index contributed by atoms with van der Waals surface area (Å²) in [4.78, 5) is 2.34. The number of benzene rings is 1. The molecule has 1 atom stereocenters. The highest BCUT2D eigenvalue weighted by Crippen LogP contribution is 2.30. The summed E-state index contributed by atoms with van der Waals surface area (Å²) < 4.78 is 13.6. The third kappa shape index (κ3) is 2.60. The van der Waals surface area contributed by atoms with Crippen molar-refractivity contribution < 1.29 is 4.39 Å². The van der Waals surface area contributed by atoms with Gasteiger partial charge in [0.05, 0.1) is 0 Å². The highest BCUT2D eigenvalue weighted by Gasteiger charge is 2.18. The standard InChI is InChI=1S/C14H21FN2/c1-10-8-14(17-6-4-3-5-7-17)12(11(2)16)9-13(10)15/h8-9,11H,3-7,16H2,1-2H3/t11-/m1/s1. The lowest BCUT2D eigenvalue weighted by Crippen LogP contribution is -2.31. The lowest BCUT2D eigenvalue weighted by molar-refractivity contribution is 0.571. The maximum atomic E-state index is 13.6. The summed E-state index contributed by atoms with van der Waals surface area (Å²) in [6, 6.07) is 3.42. The van der Waals surface area contributed by atoms with Crippen LogP contribution in [0.3, 0.4) is 0 Å². The van der Waals surface area contributed by atoms with Crippen LogP contribution in [0, 0.1) is 12.7 Å². The summed E-state index contributed by atoms with van der Waals surface area (Å²) in [5, 5.41) is 0. The molecule has 1 aliphatic rings. The Hall–Kier alpha value is -1.09. The lowest BCUT2D eigenvalue weighted by atomic mass is 10.0. The first-order valence-electron chi connectivity index (χ1n) is 6.40. The summed E-state index contributed by atoms with van der Waals surface area (Å²) in [5.41, 5.74) is 8.70. The molecule has 2 nitrogen and oxygen atoms in total. The third-order valence-corrected chi connectivity index (χ3v) is 3.50. The fourth-order valence-electron chi connectivity index (χ4n) is 2.46. The highest BCUT2D eigenvalue weighted by molar-refractivity contribution is 5.57. The van der Waals surface area contributed by atoms with Gasteiger partial charge in [-0.25, -0.2) is 4.39 Å². The molecule has 1 aliphatic heterocycles. The quantitative estimate of drug-likeness (QED) is 0.854. The second-order valence-corrected chi connectivity index (χ2v) is 5.00. The van der Waals surface area contributed by atoms with E-state index in [2.05, 4.69) is 4.90 Å². The van der Waals surface area contributed by atoms with Crippen LogP contribution in [0.25, 0.3) is 0 Å². The first kappa shape index (κ1) is 12.4. The molecule has 2 rings (SSSR count). The van der Waals surface area contributed by atoms with Crippen LogP contribution in [0.15, 0.2) is 12.1 Å². The summed E-state index contributed by atoms with van der Waals surface area (Å²) >= 11 is 0. The van der Waals surface area contributed by atoms with E-state index in [0.29, 0.717) is 5.56 Å². The average molecular weight is 236 g/mol. The van der Waals surface area contributed by atoms with Crippen LogP contribution in [-0.2, 0) is 0 Å². The first-order valence-corrected chi connectivity index (χ1v) is 6.40. The van der Waals surface area contributed by atoms with Crippen molar-refractivity contribution in [2.75, 3.05) is 18.0 Å². The van der Waals surface area contributed by atoms with Gasteiger partial charge in [-0.3, -0.25) is 0 Å². The van der Waals surface area contributed by atoms with Crippen molar-refractivity contribution in [2.24, 2.45) is 5.73 Å². The summed E-state index contributed by atoms with van der Waals surface area (Å²) in [6.45, 7) is 5.85. The Labute approximate surface area is 103 Å². The van der Waals surface area contributed by atoms with Gasteiger partial charge in [0.1, 0.15) is 5.82 Å². The van der Waals surface area contributed by atoms with Crippen LogP contribution in [0.2, 0.25) is 0 Å². The summed E-state index contributed by atoms with van der Waals surface area (Å²) in [7, 11) is 0. The Morgan fingerprint density at radius 1 is 1.24 bits per heavy atom. The second kappa shape index (κ2) is 5.05. The Morgan fingerprint density at radius 2 is 1.88 bits per heavy atom. The molecule has 0 radical (unpaired) electrons. The molecule has 1 aromatic rings. The fourth-order valence-corrected chi connectivity index (χ4v) is 2.46. The van der Waals surface area contributed by atoms with E-state index < -0.39 is 0 Å². The van der Waals surface area contributed by atoms with Gasteiger partial charge in [-0.05, 0) is 56.4 Å². The number of rotatable bonds is 2. The van der Waals surface area contributed by atoms with E-state index in [4.69, 9.17) is 5.73 Å². The van der Waals surface area contributed by atoms with Gasteiger partial charge >= 0.3 is 0 Å². The molecule has 0 aromatic heterocycles. The molecule has 17 heavy (non-hydrogen) atoms. The number of anilines is 1. The largest absolute Gasteiger partial charge is 0.371 e. The van der Waals surface area contributed by atoms with Crippen molar-refractivity contribution in [3.8, 4) is 0 Å². The minimum Gasteiger partial charge on any atom is -0.371 e. The van der Waals surface area contributed by atoms with Crippen LogP contribution in [0.5, 0.6) is 0 Å². The van der Waals surface area contributed by atoms with Crippen LogP contribution >= 0.6 is 0 Å². The first-order chi connectivity index (χ1) is 8.09. The van der Waals surface area contributed by atoms with E-state index in [0.717, 1.165) is 24.3 Å². The SMILES string of the molecule is Cc1cc(N2CCCCC2)c([C@@H](C)N)cc1F. The van der Waals surface area contributed by atoms with Crippen molar-refractivity contribution in [3.05, 3.63) is 29.1 Å². The molecule has 0 saturated carbocycles. The van der Waals surface area contributed by atoms with E-state index in [1.807, 2.05) is 19.9 Å². The van der Waals surface area contributed by atoms with Crippen LogP contribution in [0.1, 0.15) is 43.4 Å². The summed E-state index contributed by atoms with van der Waals surface area (Å²) in [5.74, 6) is -0.155. The molecule has 0 spiro atoms. The second-order valence-electron chi connectivity index (χ2n) is 5.00. The molecule has 94 valence electrons. The van der Waals surface area contributed by atoms with Crippen LogP contribution in [0.4, 0.5) is 10.1 Å². The zero-order valence-electron chi connectivity index (χ0n) is 10.7. The number of nitrogens with two attached hydrogens (primary N) is 1. The molecule has 0 unspecified atom stereocenters. The Bertz CT molecular complexity index is 395. The molecular weight excluding hydrogens is 215 g/mol. The van der Waals surface area contributed by atoms with Gasteiger partial charge in [0.25, 0.3) is 0 Å². The monoisotopic (exact) mass is 236 g/mol. The van der Waals surface area contributed by atoms with Gasteiger partial charge in [-0.2, -0.15) is 0 Å². The van der Waals surface area contributed by atoms with Crippen LogP contribution in [-0.4, -0.2) is 13.1 Å². The van der Waals surface area contributed by atoms with Gasteiger partial charge in [0.2, 0.25) is 0 Å². The Morgan fingerprint density at radius 3 is 2.47 bits per heavy atom. The normalized spacial score (nSPS) is 18.2. The molecule has 1 fully saturated rings. The molecule has 2 N–H and O–H groups in total. The molecule has 0 bridgehead atoms. The van der Waals surface area contributed by atoms with Gasteiger partial charge in [-0.15, -0.1) is 0 Å². The zero-order chi connectivity index (χ0) is 12.4. The predicted molar refractivity (Wildman–Crippen MR) is 69.8 cm³/mol. The van der Waals surface area contributed by atoms with Gasteiger partial charge < -0.3 is 10.6 Å². The number of aryl methyl sites for hydroxylation is 1. The maximum Gasteiger partial charge on any atom is 0.126 e. The van der Waals surface area contributed by atoms with Gasteiger partial charge in [-0.1, -0.05) is 0 Å². The van der Waals surface area contributed by atoms with Crippen molar-refractivity contribution in [3.63, 3.8) is 0 Å². The Kier molecular flexibility index (Phi) is 3.67. The average Bonchev–Trinajstić information content (AvgIpc) is 2.33. The highest BCUT2D eigenvalue weighted by atomic mass is 19.1. The number of hydrogen-bond acceptors (Lipinski definition) is 2. The third-order valence-electron chi connectivity index (χ3n) is 3.50. The number of hydrogen-bond donors (Lipinski definition) is 1. The smallest absolute Gasteiger partial charge is 0.126 e. The van der Waals surface area contributed by atoms with Crippen molar-refractivity contribution in [2.45, 2.75) is 39.2 Å². The molecule has 0 amide bonds. The molecule has 1 aromatic carbocycles. The van der Waals surface area contributed by atoms with Crippen molar-refractivity contribution in [1.82, 2.24) is 0 Å². The minimum absolute atomic E-state index is 0.123. The summed E-state index contributed by atoms with van der Waals surface area (Å²) in [6.07, 6.45) is 3.73. The lowest BCUT2D eigenvalue weighted by Gasteiger charge is -2.31. The van der Waals surface area contributed by atoms with E-state index in [1.165, 1.54) is 19.3 Å². The van der Waals surface area contributed by atoms with E-state index >= 15 is 0 Å². The maximum absolute atomic E-state index is 13.6. The van der Waals surface area contributed by atoms with Crippen molar-refractivity contribution >= 4 is 5.69 Å². The number of piperidine rings is 1. The van der Waals surface area contributed by atoms with E-state index in [9.17, 15) is 4.39 Å². The predicted octanol–water partition coefficient (Wildman–Crippen LogP) is 3.14. The molecule has 0 aliphatic carbocycles. The topological polar surface area (TPSA) is 29.3 Å². The Balaban J connectivity index is 2.39. The van der Waals surface area contributed by atoms with Crippen molar-refractivity contribution in [1.29, 1.82) is 0 Å². The number of nitrogens with zero attached hydrogens (tertiary/aromatic N) is 1. The van der Waals surface area contributed by atoms with Crippen LogP contribution < -0.4 is 10.6 Å². The fraction of sp³-hybridized carbons (Fsp3) is 0.571. The number of halogens is 1. The molecule has 1 saturated heterocycles. The molecule has 1 heterocycles. The van der Waals surface area contributed by atoms with E-state index in [1.54, 1.807) is 6.07 Å². The zero-order valence-corrected chi connectivity index (χ0v) is 10.7. The van der Waals surface area contributed by atoms with Gasteiger partial charge in [0.15, 0.2) is 0 Å². The molecular formula is C14H21FN2. The van der Waals surface area contributed by atoms with E-state index in [-0.39, 0.29) is 11.9 Å². The minimum atomic E-state index is -0.155.